The summed E-state index contributed by atoms with van der Waals surface area (Å²) < 4.78 is 11.3. The molecule has 1 atom stereocenters. The average Bonchev–Trinajstić information content (AvgIpc) is 3.38. The SMILES string of the molecule is O=c1[nH]c2c(o1)C(N1CCN(CCCCOc3ccc4cn[nH]c4c3)CC1)C=CC2. The zero-order valence-electron chi connectivity index (χ0n) is 17.0. The molecule has 1 saturated heterocycles. The van der Waals surface area contributed by atoms with E-state index in [2.05, 4.69) is 37.1 Å². The van der Waals surface area contributed by atoms with E-state index < -0.39 is 0 Å². The number of hydrogen-bond donors (Lipinski definition) is 2. The number of hydrogen-bond acceptors (Lipinski definition) is 6. The Morgan fingerprint density at radius 1 is 1.20 bits per heavy atom. The van der Waals surface area contributed by atoms with E-state index in [0.717, 1.165) is 86.7 Å². The fourth-order valence-corrected chi connectivity index (χ4v) is 4.35. The number of nitrogens with one attached hydrogen (secondary N) is 2. The standard InChI is InChI=1S/C22H27N5O3/c28-22-24-18-4-3-5-20(21(18)30-22)27-11-9-26(10-12-27)8-1-2-13-29-17-7-6-16-15-23-25-19(16)14-17/h3,5-7,14-15,20H,1-2,4,8-13H2,(H,23,25)(H,24,28). The normalized spacial score (nSPS) is 19.9. The Kier molecular flexibility index (Phi) is 5.42. The van der Waals surface area contributed by atoms with Crippen LogP contribution in [0.15, 0.2) is 45.8 Å². The summed E-state index contributed by atoms with van der Waals surface area (Å²) in [6.07, 6.45) is 8.99. The zero-order valence-corrected chi connectivity index (χ0v) is 17.0. The van der Waals surface area contributed by atoms with Crippen LogP contribution in [0.2, 0.25) is 0 Å². The van der Waals surface area contributed by atoms with Crippen LogP contribution in [0.3, 0.4) is 0 Å². The average molecular weight is 409 g/mol. The number of oxazole rings is 1. The molecular formula is C22H27N5O3. The monoisotopic (exact) mass is 409 g/mol. The molecule has 8 heteroatoms. The molecule has 0 spiro atoms. The number of H-pyrrole nitrogens is 2. The maximum absolute atomic E-state index is 11.6. The van der Waals surface area contributed by atoms with Gasteiger partial charge < -0.3 is 14.1 Å². The maximum atomic E-state index is 11.6. The van der Waals surface area contributed by atoms with Gasteiger partial charge in [0.2, 0.25) is 0 Å². The molecule has 3 heterocycles. The molecule has 0 radical (unpaired) electrons. The van der Waals surface area contributed by atoms with Crippen molar-refractivity contribution < 1.29 is 9.15 Å². The number of unbranched alkanes of at least 4 members (excludes halogenated alkanes) is 1. The van der Waals surface area contributed by atoms with Gasteiger partial charge in [0.15, 0.2) is 5.76 Å². The number of piperazine rings is 1. The third kappa shape index (κ3) is 4.06. The quantitative estimate of drug-likeness (QED) is 0.460. The Labute approximate surface area is 174 Å². The van der Waals surface area contributed by atoms with Gasteiger partial charge in [0, 0.05) is 44.1 Å². The van der Waals surface area contributed by atoms with Crippen LogP contribution < -0.4 is 10.5 Å². The van der Waals surface area contributed by atoms with Gasteiger partial charge >= 0.3 is 5.76 Å². The summed E-state index contributed by atoms with van der Waals surface area (Å²) >= 11 is 0. The molecule has 2 N–H and O–H groups in total. The lowest BCUT2D eigenvalue weighted by Crippen LogP contribution is -2.47. The van der Waals surface area contributed by atoms with Crippen LogP contribution in [0, 0.1) is 0 Å². The zero-order chi connectivity index (χ0) is 20.3. The Morgan fingerprint density at radius 2 is 2.10 bits per heavy atom. The van der Waals surface area contributed by atoms with Crippen molar-refractivity contribution in [3.05, 3.63) is 58.6 Å². The molecular weight excluding hydrogens is 382 g/mol. The first-order valence-electron chi connectivity index (χ1n) is 10.7. The van der Waals surface area contributed by atoms with Crippen LogP contribution in [-0.2, 0) is 6.42 Å². The van der Waals surface area contributed by atoms with E-state index in [9.17, 15) is 4.79 Å². The van der Waals surface area contributed by atoms with Gasteiger partial charge in [0.05, 0.1) is 30.1 Å². The van der Waals surface area contributed by atoms with Gasteiger partial charge in [0.1, 0.15) is 5.75 Å². The molecule has 30 heavy (non-hydrogen) atoms. The second-order valence-corrected chi connectivity index (χ2v) is 7.99. The van der Waals surface area contributed by atoms with Crippen molar-refractivity contribution in [1.29, 1.82) is 0 Å². The van der Waals surface area contributed by atoms with E-state index in [1.807, 2.05) is 24.4 Å². The Bertz CT molecular complexity index is 1070. The molecule has 0 amide bonds. The third-order valence-electron chi connectivity index (χ3n) is 6.01. The summed E-state index contributed by atoms with van der Waals surface area (Å²) in [5.74, 6) is 1.33. The molecule has 5 rings (SSSR count). The highest BCUT2D eigenvalue weighted by Crippen LogP contribution is 2.29. The summed E-state index contributed by atoms with van der Waals surface area (Å²) in [4.78, 5) is 19.3. The first kappa shape index (κ1) is 19.1. The van der Waals surface area contributed by atoms with Crippen molar-refractivity contribution in [2.45, 2.75) is 25.3 Å². The van der Waals surface area contributed by atoms with Crippen LogP contribution in [0.1, 0.15) is 30.3 Å². The highest BCUT2D eigenvalue weighted by Gasteiger charge is 2.29. The molecule has 2 aromatic heterocycles. The fraction of sp³-hybridized carbons (Fsp3) is 0.455. The Balaban J connectivity index is 1.03. The minimum absolute atomic E-state index is 0.0791. The predicted octanol–water partition coefficient (Wildman–Crippen LogP) is 2.47. The van der Waals surface area contributed by atoms with E-state index in [1.165, 1.54) is 0 Å². The topological polar surface area (TPSA) is 90.4 Å². The van der Waals surface area contributed by atoms with Crippen LogP contribution >= 0.6 is 0 Å². The summed E-state index contributed by atoms with van der Waals surface area (Å²) in [6.45, 7) is 5.83. The molecule has 1 unspecified atom stereocenters. The number of aromatic amines is 2. The number of ether oxygens (including phenoxy) is 1. The molecule has 8 nitrogen and oxygen atoms in total. The molecule has 1 aromatic carbocycles. The minimum Gasteiger partial charge on any atom is -0.494 e. The van der Waals surface area contributed by atoms with E-state index in [-0.39, 0.29) is 11.8 Å². The minimum atomic E-state index is -0.348. The molecule has 2 aliphatic rings. The van der Waals surface area contributed by atoms with E-state index in [4.69, 9.17) is 9.15 Å². The van der Waals surface area contributed by atoms with Gasteiger partial charge in [-0.15, -0.1) is 0 Å². The van der Waals surface area contributed by atoms with E-state index in [1.54, 1.807) is 0 Å². The summed E-state index contributed by atoms with van der Waals surface area (Å²) in [5, 5.41) is 8.11. The molecule has 0 saturated carbocycles. The third-order valence-corrected chi connectivity index (χ3v) is 6.01. The van der Waals surface area contributed by atoms with Gasteiger partial charge in [-0.2, -0.15) is 5.10 Å². The summed E-state index contributed by atoms with van der Waals surface area (Å²) in [6, 6.07) is 6.10. The molecule has 3 aromatic rings. The molecule has 1 aliphatic carbocycles. The number of aromatic nitrogens is 3. The van der Waals surface area contributed by atoms with Crippen LogP contribution in [0.4, 0.5) is 0 Å². The number of fused-ring (bicyclic) bond motifs is 2. The van der Waals surface area contributed by atoms with Crippen LogP contribution in [0.25, 0.3) is 10.9 Å². The maximum Gasteiger partial charge on any atom is 0.416 e. The van der Waals surface area contributed by atoms with Crippen molar-refractivity contribution in [3.8, 4) is 5.75 Å². The second-order valence-electron chi connectivity index (χ2n) is 7.99. The Hall–Kier alpha value is -2.84. The van der Waals surface area contributed by atoms with Gasteiger partial charge in [-0.1, -0.05) is 12.2 Å². The number of allylic oxidation sites excluding steroid dienone is 1. The molecule has 1 fully saturated rings. The van der Waals surface area contributed by atoms with Crippen LogP contribution in [0.5, 0.6) is 5.75 Å². The predicted molar refractivity (Wildman–Crippen MR) is 114 cm³/mol. The van der Waals surface area contributed by atoms with Gasteiger partial charge in [-0.3, -0.25) is 15.0 Å². The lowest BCUT2D eigenvalue weighted by Gasteiger charge is -2.38. The number of nitrogens with zero attached hydrogens (tertiary/aromatic N) is 3. The van der Waals surface area contributed by atoms with Crippen LogP contribution in [-0.4, -0.2) is 64.3 Å². The van der Waals surface area contributed by atoms with E-state index in [0.29, 0.717) is 0 Å². The first-order chi connectivity index (χ1) is 14.8. The van der Waals surface area contributed by atoms with Gasteiger partial charge in [-0.05, 0) is 31.5 Å². The smallest absolute Gasteiger partial charge is 0.416 e. The highest BCUT2D eigenvalue weighted by molar-refractivity contribution is 5.79. The first-order valence-corrected chi connectivity index (χ1v) is 10.7. The molecule has 0 bridgehead atoms. The lowest BCUT2D eigenvalue weighted by molar-refractivity contribution is 0.100. The second kappa shape index (κ2) is 8.49. The van der Waals surface area contributed by atoms with Crippen molar-refractivity contribution >= 4 is 10.9 Å². The highest BCUT2D eigenvalue weighted by atomic mass is 16.5. The number of benzene rings is 1. The molecule has 1 aliphatic heterocycles. The lowest BCUT2D eigenvalue weighted by atomic mass is 10.0. The van der Waals surface area contributed by atoms with Crippen molar-refractivity contribution in [2.75, 3.05) is 39.3 Å². The molecule has 158 valence electrons. The Morgan fingerprint density at radius 3 is 3.00 bits per heavy atom. The van der Waals surface area contributed by atoms with Crippen molar-refractivity contribution in [2.24, 2.45) is 0 Å². The number of rotatable bonds is 7. The summed E-state index contributed by atoms with van der Waals surface area (Å²) in [5.41, 5.74) is 1.92. The largest absolute Gasteiger partial charge is 0.494 e. The van der Waals surface area contributed by atoms with Gasteiger partial charge in [0.25, 0.3) is 0 Å². The van der Waals surface area contributed by atoms with E-state index >= 15 is 0 Å². The van der Waals surface area contributed by atoms with Gasteiger partial charge in [-0.25, -0.2) is 4.79 Å². The van der Waals surface area contributed by atoms with Crippen molar-refractivity contribution in [1.82, 2.24) is 25.0 Å². The summed E-state index contributed by atoms with van der Waals surface area (Å²) in [7, 11) is 0. The fourth-order valence-electron chi connectivity index (χ4n) is 4.35. The van der Waals surface area contributed by atoms with Crippen molar-refractivity contribution in [3.63, 3.8) is 0 Å².